The van der Waals surface area contributed by atoms with Crippen LogP contribution in [0.3, 0.4) is 0 Å². The summed E-state index contributed by atoms with van der Waals surface area (Å²) in [5.41, 5.74) is 0. The first-order valence-corrected chi connectivity index (χ1v) is 5.62. The Hall–Kier alpha value is -0.990. The van der Waals surface area contributed by atoms with Gasteiger partial charge in [-0.2, -0.15) is 0 Å². The van der Waals surface area contributed by atoms with Crippen LogP contribution in [0.25, 0.3) is 0 Å². The predicted molar refractivity (Wildman–Crippen MR) is 61.4 cm³/mol. The standard InChI is InChI=1S/C11H19NO6/c1-3-4-12(6(2)14)8-10(16)9(15)7(5-13)18-11(8)17/h3,7-11,13,15-17H,1,4-5H2,2H3/t7-,8-,9-,10-,11-/m1/s1. The van der Waals surface area contributed by atoms with Gasteiger partial charge in [0.15, 0.2) is 6.29 Å². The fourth-order valence-electron chi connectivity index (χ4n) is 2.02. The molecule has 0 aromatic heterocycles. The third-order valence-corrected chi connectivity index (χ3v) is 2.96. The molecule has 0 bridgehead atoms. The fourth-order valence-corrected chi connectivity index (χ4v) is 2.02. The molecule has 0 saturated carbocycles. The lowest BCUT2D eigenvalue weighted by Gasteiger charge is -2.44. The normalized spacial score (nSPS) is 36.2. The van der Waals surface area contributed by atoms with Crippen molar-refractivity contribution in [2.45, 2.75) is 37.6 Å². The number of ether oxygens (including phenoxy) is 1. The average Bonchev–Trinajstić information content (AvgIpc) is 2.32. The van der Waals surface area contributed by atoms with Crippen molar-refractivity contribution in [1.82, 2.24) is 4.90 Å². The summed E-state index contributed by atoms with van der Waals surface area (Å²) in [6.45, 7) is 4.32. The van der Waals surface area contributed by atoms with E-state index in [1.54, 1.807) is 0 Å². The molecule has 1 fully saturated rings. The van der Waals surface area contributed by atoms with Crippen LogP contribution in [0, 0.1) is 0 Å². The van der Waals surface area contributed by atoms with Crippen molar-refractivity contribution in [3.63, 3.8) is 0 Å². The zero-order chi connectivity index (χ0) is 13.9. The Morgan fingerprint density at radius 2 is 2.00 bits per heavy atom. The number of hydrogen-bond acceptors (Lipinski definition) is 6. The number of hydrogen-bond donors (Lipinski definition) is 4. The van der Waals surface area contributed by atoms with E-state index in [0.29, 0.717) is 0 Å². The van der Waals surface area contributed by atoms with Crippen LogP contribution >= 0.6 is 0 Å². The Labute approximate surface area is 105 Å². The summed E-state index contributed by atoms with van der Waals surface area (Å²) in [6, 6.07) is -1.10. The topological polar surface area (TPSA) is 110 Å². The Morgan fingerprint density at radius 3 is 2.44 bits per heavy atom. The van der Waals surface area contributed by atoms with E-state index in [0.717, 1.165) is 4.90 Å². The van der Waals surface area contributed by atoms with Gasteiger partial charge in [-0.05, 0) is 0 Å². The van der Waals surface area contributed by atoms with Gasteiger partial charge in [-0.1, -0.05) is 6.08 Å². The molecule has 0 radical (unpaired) electrons. The third kappa shape index (κ3) is 2.88. The largest absolute Gasteiger partial charge is 0.394 e. The van der Waals surface area contributed by atoms with E-state index in [1.165, 1.54) is 13.0 Å². The van der Waals surface area contributed by atoms with Crippen LogP contribution in [0.5, 0.6) is 0 Å². The molecule has 0 aromatic rings. The summed E-state index contributed by atoms with van der Waals surface area (Å²) in [7, 11) is 0. The number of nitrogens with zero attached hydrogens (tertiary/aromatic N) is 1. The maximum absolute atomic E-state index is 11.5. The fraction of sp³-hybridized carbons (Fsp3) is 0.727. The van der Waals surface area contributed by atoms with Gasteiger partial charge in [-0.25, -0.2) is 0 Å². The van der Waals surface area contributed by atoms with Crippen LogP contribution in [0.1, 0.15) is 6.92 Å². The lowest BCUT2D eigenvalue weighted by Crippen LogP contribution is -2.64. The highest BCUT2D eigenvalue weighted by Gasteiger charge is 2.46. The van der Waals surface area contributed by atoms with E-state index in [-0.39, 0.29) is 6.54 Å². The summed E-state index contributed by atoms with van der Waals surface area (Å²) in [4.78, 5) is 12.6. The first kappa shape index (κ1) is 15.1. The minimum Gasteiger partial charge on any atom is -0.394 e. The molecule has 7 nitrogen and oxygen atoms in total. The maximum atomic E-state index is 11.5. The summed E-state index contributed by atoms with van der Waals surface area (Å²) < 4.78 is 4.98. The van der Waals surface area contributed by atoms with Crippen molar-refractivity contribution in [3.05, 3.63) is 12.7 Å². The number of carbonyl (C=O) groups is 1. The van der Waals surface area contributed by atoms with Crippen molar-refractivity contribution < 1.29 is 30.0 Å². The molecule has 1 aliphatic heterocycles. The molecule has 0 spiro atoms. The maximum Gasteiger partial charge on any atom is 0.220 e. The first-order chi connectivity index (χ1) is 8.43. The molecule has 1 saturated heterocycles. The van der Waals surface area contributed by atoms with E-state index >= 15 is 0 Å². The van der Waals surface area contributed by atoms with Crippen LogP contribution < -0.4 is 0 Å². The summed E-state index contributed by atoms with van der Waals surface area (Å²) >= 11 is 0. The molecular formula is C11H19NO6. The number of aliphatic hydroxyl groups excluding tert-OH is 4. The molecule has 0 aliphatic carbocycles. The predicted octanol–water partition coefficient (Wildman–Crippen LogP) is -2.18. The van der Waals surface area contributed by atoms with Crippen molar-refractivity contribution in [3.8, 4) is 0 Å². The van der Waals surface area contributed by atoms with Gasteiger partial charge >= 0.3 is 0 Å². The average molecular weight is 261 g/mol. The second kappa shape index (κ2) is 6.26. The van der Waals surface area contributed by atoms with Gasteiger partial charge in [0.05, 0.1) is 6.61 Å². The molecule has 1 amide bonds. The minimum atomic E-state index is -1.48. The SMILES string of the molecule is C=CCN(C(C)=O)[C@@H]1[C@@H](O)[C@H](O)[C@@H](CO)O[C@H]1O. The molecule has 0 aromatic carbocycles. The molecule has 1 heterocycles. The van der Waals surface area contributed by atoms with Crippen LogP contribution in [0.2, 0.25) is 0 Å². The van der Waals surface area contributed by atoms with Crippen molar-refractivity contribution in [1.29, 1.82) is 0 Å². The number of carbonyl (C=O) groups excluding carboxylic acids is 1. The van der Waals surface area contributed by atoms with Gasteiger partial charge in [0.25, 0.3) is 0 Å². The van der Waals surface area contributed by atoms with Crippen LogP contribution in [0.4, 0.5) is 0 Å². The molecule has 4 N–H and O–H groups in total. The molecule has 5 atom stereocenters. The van der Waals surface area contributed by atoms with Gasteiger partial charge in [-0.15, -0.1) is 6.58 Å². The van der Waals surface area contributed by atoms with Gasteiger partial charge in [0.2, 0.25) is 5.91 Å². The number of amides is 1. The molecule has 18 heavy (non-hydrogen) atoms. The Balaban J connectivity index is 2.92. The molecular weight excluding hydrogens is 242 g/mol. The summed E-state index contributed by atoms with van der Waals surface area (Å²) in [5.74, 6) is -0.392. The van der Waals surface area contributed by atoms with Crippen molar-refractivity contribution in [2.24, 2.45) is 0 Å². The lowest BCUT2D eigenvalue weighted by atomic mass is 9.95. The van der Waals surface area contributed by atoms with Gasteiger partial charge in [-0.3, -0.25) is 4.79 Å². The number of aliphatic hydroxyl groups is 4. The molecule has 1 rings (SSSR count). The zero-order valence-corrected chi connectivity index (χ0v) is 10.1. The highest BCUT2D eigenvalue weighted by Crippen LogP contribution is 2.24. The Bertz CT molecular complexity index is 310. The van der Waals surface area contributed by atoms with Crippen LogP contribution in [0.15, 0.2) is 12.7 Å². The molecule has 1 aliphatic rings. The van der Waals surface area contributed by atoms with Gasteiger partial charge in [0, 0.05) is 13.5 Å². The highest BCUT2D eigenvalue weighted by atomic mass is 16.6. The second-order valence-electron chi connectivity index (χ2n) is 4.18. The van der Waals surface area contributed by atoms with E-state index < -0.39 is 43.2 Å². The van der Waals surface area contributed by atoms with Crippen LogP contribution in [-0.4, -0.2) is 75.0 Å². The van der Waals surface area contributed by atoms with E-state index in [2.05, 4.69) is 6.58 Å². The van der Waals surface area contributed by atoms with Crippen molar-refractivity contribution in [2.75, 3.05) is 13.2 Å². The lowest BCUT2D eigenvalue weighted by molar-refractivity contribution is -0.269. The van der Waals surface area contributed by atoms with E-state index in [1.807, 2.05) is 0 Å². The second-order valence-corrected chi connectivity index (χ2v) is 4.18. The van der Waals surface area contributed by atoms with E-state index in [9.17, 15) is 20.1 Å². The van der Waals surface area contributed by atoms with Gasteiger partial charge < -0.3 is 30.1 Å². The monoisotopic (exact) mass is 261 g/mol. The van der Waals surface area contributed by atoms with Crippen molar-refractivity contribution >= 4 is 5.91 Å². The summed E-state index contributed by atoms with van der Waals surface area (Å²) in [6.07, 6.45) is -3.91. The van der Waals surface area contributed by atoms with Crippen LogP contribution in [-0.2, 0) is 9.53 Å². The van der Waals surface area contributed by atoms with E-state index in [4.69, 9.17) is 9.84 Å². The summed E-state index contributed by atoms with van der Waals surface area (Å²) in [5, 5.41) is 38.3. The Morgan fingerprint density at radius 1 is 1.39 bits per heavy atom. The first-order valence-electron chi connectivity index (χ1n) is 5.62. The molecule has 104 valence electrons. The van der Waals surface area contributed by atoms with Gasteiger partial charge in [0.1, 0.15) is 24.4 Å². The smallest absolute Gasteiger partial charge is 0.220 e. The Kier molecular flexibility index (Phi) is 5.24. The number of rotatable bonds is 4. The molecule has 7 heteroatoms. The quantitative estimate of drug-likeness (QED) is 0.428. The minimum absolute atomic E-state index is 0.105. The zero-order valence-electron chi connectivity index (χ0n) is 10.1. The third-order valence-electron chi connectivity index (χ3n) is 2.96. The molecule has 0 unspecified atom stereocenters. The highest BCUT2D eigenvalue weighted by molar-refractivity contribution is 5.74.